The first-order valence-electron chi connectivity index (χ1n) is 6.75. The Kier molecular flexibility index (Phi) is 3.38. The van der Waals surface area contributed by atoms with Crippen molar-refractivity contribution in [3.05, 3.63) is 64.1 Å². The molecule has 1 fully saturated rings. The highest BCUT2D eigenvalue weighted by Gasteiger charge is 2.51. The molecule has 3 heteroatoms. The monoisotopic (exact) mass is 329 g/mol. The summed E-state index contributed by atoms with van der Waals surface area (Å²) in [6.45, 7) is 2.02. The Hall–Kier alpha value is -1.61. The van der Waals surface area contributed by atoms with Crippen LogP contribution in [0.25, 0.3) is 0 Å². The number of aryl methyl sites for hydroxylation is 1. The van der Waals surface area contributed by atoms with E-state index in [0.717, 1.165) is 34.1 Å². The van der Waals surface area contributed by atoms with Crippen molar-refractivity contribution in [2.24, 2.45) is 0 Å². The molecular weight excluding hydrogens is 314 g/mol. The van der Waals surface area contributed by atoms with Crippen LogP contribution < -0.4 is 5.32 Å². The predicted molar refractivity (Wildman–Crippen MR) is 84.9 cm³/mol. The molecule has 0 aliphatic heterocycles. The molecule has 0 unspecified atom stereocenters. The fourth-order valence-electron chi connectivity index (χ4n) is 2.51. The quantitative estimate of drug-likeness (QED) is 0.886. The highest BCUT2D eigenvalue weighted by molar-refractivity contribution is 9.10. The Morgan fingerprint density at radius 1 is 1.10 bits per heavy atom. The second-order valence-corrected chi connectivity index (χ2v) is 6.13. The molecule has 0 heterocycles. The molecule has 20 heavy (non-hydrogen) atoms. The van der Waals surface area contributed by atoms with E-state index in [1.54, 1.807) is 0 Å². The molecule has 1 aliphatic carbocycles. The van der Waals surface area contributed by atoms with Crippen LogP contribution >= 0.6 is 15.9 Å². The molecular formula is C17H16BrNO. The van der Waals surface area contributed by atoms with E-state index in [4.69, 9.17) is 0 Å². The van der Waals surface area contributed by atoms with E-state index in [1.165, 1.54) is 0 Å². The van der Waals surface area contributed by atoms with Crippen LogP contribution in [0.5, 0.6) is 0 Å². The predicted octanol–water partition coefficient (Wildman–Crippen LogP) is 4.43. The topological polar surface area (TPSA) is 29.1 Å². The van der Waals surface area contributed by atoms with Crippen LogP contribution in [0.3, 0.4) is 0 Å². The van der Waals surface area contributed by atoms with Gasteiger partial charge in [0.25, 0.3) is 0 Å². The zero-order valence-electron chi connectivity index (χ0n) is 11.3. The first-order chi connectivity index (χ1) is 9.63. The molecule has 2 nitrogen and oxygen atoms in total. The van der Waals surface area contributed by atoms with Gasteiger partial charge in [0.1, 0.15) is 0 Å². The van der Waals surface area contributed by atoms with Gasteiger partial charge in [-0.1, -0.05) is 42.5 Å². The van der Waals surface area contributed by atoms with E-state index < -0.39 is 0 Å². The van der Waals surface area contributed by atoms with Crippen molar-refractivity contribution in [1.82, 2.24) is 0 Å². The lowest BCUT2D eigenvalue weighted by atomic mass is 9.95. The van der Waals surface area contributed by atoms with Crippen molar-refractivity contribution in [3.63, 3.8) is 0 Å². The Bertz CT molecular complexity index is 647. The standard InChI is InChI=1S/C17H16BrNO/c1-12-6-5-9-14(15(12)18)19-16(20)17(10-11-17)13-7-3-2-4-8-13/h2-9H,10-11H2,1H3,(H,19,20). The zero-order valence-corrected chi connectivity index (χ0v) is 12.9. The molecule has 0 saturated heterocycles. The second kappa shape index (κ2) is 5.06. The van der Waals surface area contributed by atoms with Crippen LogP contribution in [0.1, 0.15) is 24.0 Å². The number of carbonyl (C=O) groups is 1. The van der Waals surface area contributed by atoms with Crippen molar-refractivity contribution in [1.29, 1.82) is 0 Å². The van der Waals surface area contributed by atoms with Crippen molar-refractivity contribution < 1.29 is 4.79 Å². The third-order valence-electron chi connectivity index (χ3n) is 3.95. The van der Waals surface area contributed by atoms with Gasteiger partial charge in [0, 0.05) is 4.47 Å². The third kappa shape index (κ3) is 2.27. The molecule has 3 rings (SSSR count). The van der Waals surface area contributed by atoms with Gasteiger partial charge in [-0.15, -0.1) is 0 Å². The molecule has 0 aromatic heterocycles. The largest absolute Gasteiger partial charge is 0.324 e. The van der Waals surface area contributed by atoms with Gasteiger partial charge in [0.15, 0.2) is 0 Å². The maximum atomic E-state index is 12.6. The van der Waals surface area contributed by atoms with Crippen LogP contribution in [-0.2, 0) is 10.2 Å². The number of nitrogens with one attached hydrogen (secondary N) is 1. The summed E-state index contributed by atoms with van der Waals surface area (Å²) in [6, 6.07) is 15.9. The maximum absolute atomic E-state index is 12.6. The molecule has 0 spiro atoms. The SMILES string of the molecule is Cc1cccc(NC(=O)C2(c3ccccc3)CC2)c1Br. The van der Waals surface area contributed by atoms with E-state index in [0.29, 0.717) is 0 Å². The molecule has 0 bridgehead atoms. The summed E-state index contributed by atoms with van der Waals surface area (Å²) in [5.41, 5.74) is 2.75. The summed E-state index contributed by atoms with van der Waals surface area (Å²) in [4.78, 5) is 12.6. The summed E-state index contributed by atoms with van der Waals surface area (Å²) >= 11 is 3.54. The number of amides is 1. The van der Waals surface area contributed by atoms with Gasteiger partial charge in [-0.05, 0) is 52.9 Å². The Morgan fingerprint density at radius 3 is 2.45 bits per heavy atom. The van der Waals surface area contributed by atoms with E-state index in [1.807, 2.05) is 55.5 Å². The minimum Gasteiger partial charge on any atom is -0.324 e. The third-order valence-corrected chi connectivity index (χ3v) is 5.00. The summed E-state index contributed by atoms with van der Waals surface area (Å²) in [5, 5.41) is 3.07. The fourth-order valence-corrected chi connectivity index (χ4v) is 2.88. The molecule has 102 valence electrons. The first kappa shape index (κ1) is 13.4. The molecule has 2 aromatic carbocycles. The highest BCUT2D eigenvalue weighted by atomic mass is 79.9. The summed E-state index contributed by atoms with van der Waals surface area (Å²) in [5.74, 6) is 0.0926. The normalized spacial score (nSPS) is 15.7. The lowest BCUT2D eigenvalue weighted by Gasteiger charge is -2.17. The average Bonchev–Trinajstić information content (AvgIpc) is 3.26. The number of carbonyl (C=O) groups excluding carboxylic acids is 1. The van der Waals surface area contributed by atoms with Crippen LogP contribution in [-0.4, -0.2) is 5.91 Å². The lowest BCUT2D eigenvalue weighted by Crippen LogP contribution is -2.27. The smallest absolute Gasteiger partial charge is 0.235 e. The zero-order chi connectivity index (χ0) is 14.2. The molecule has 1 N–H and O–H groups in total. The van der Waals surface area contributed by atoms with Gasteiger partial charge in [0.2, 0.25) is 5.91 Å². The Balaban J connectivity index is 1.86. The number of anilines is 1. The minimum absolute atomic E-state index is 0.0926. The summed E-state index contributed by atoms with van der Waals surface area (Å²) in [6.07, 6.45) is 1.85. The fraction of sp³-hybridized carbons (Fsp3) is 0.235. The number of benzene rings is 2. The number of rotatable bonds is 3. The number of halogens is 1. The van der Waals surface area contributed by atoms with Crippen LogP contribution in [0.2, 0.25) is 0 Å². The molecule has 1 aliphatic rings. The van der Waals surface area contributed by atoms with Gasteiger partial charge in [-0.2, -0.15) is 0 Å². The van der Waals surface area contributed by atoms with Gasteiger partial charge >= 0.3 is 0 Å². The number of hydrogen-bond acceptors (Lipinski definition) is 1. The first-order valence-corrected chi connectivity index (χ1v) is 7.55. The van der Waals surface area contributed by atoms with Crippen molar-refractivity contribution >= 4 is 27.5 Å². The minimum atomic E-state index is -0.329. The molecule has 0 atom stereocenters. The van der Waals surface area contributed by atoms with Crippen LogP contribution in [0, 0.1) is 6.92 Å². The highest BCUT2D eigenvalue weighted by Crippen LogP contribution is 2.49. The summed E-state index contributed by atoms with van der Waals surface area (Å²) in [7, 11) is 0. The van der Waals surface area contributed by atoms with E-state index >= 15 is 0 Å². The lowest BCUT2D eigenvalue weighted by molar-refractivity contribution is -0.118. The molecule has 0 radical (unpaired) electrons. The van der Waals surface area contributed by atoms with E-state index in [2.05, 4.69) is 21.2 Å². The molecule has 2 aromatic rings. The van der Waals surface area contributed by atoms with Gasteiger partial charge in [-0.3, -0.25) is 4.79 Å². The van der Waals surface area contributed by atoms with E-state index in [9.17, 15) is 4.79 Å². The van der Waals surface area contributed by atoms with Gasteiger partial charge in [0.05, 0.1) is 11.1 Å². The van der Waals surface area contributed by atoms with Crippen LogP contribution in [0.4, 0.5) is 5.69 Å². The Morgan fingerprint density at radius 2 is 1.80 bits per heavy atom. The van der Waals surface area contributed by atoms with Gasteiger partial charge in [-0.25, -0.2) is 0 Å². The Labute approximate surface area is 127 Å². The summed E-state index contributed by atoms with van der Waals surface area (Å²) < 4.78 is 0.956. The number of hydrogen-bond donors (Lipinski definition) is 1. The van der Waals surface area contributed by atoms with Gasteiger partial charge < -0.3 is 5.32 Å². The van der Waals surface area contributed by atoms with E-state index in [-0.39, 0.29) is 11.3 Å². The maximum Gasteiger partial charge on any atom is 0.235 e. The van der Waals surface area contributed by atoms with Crippen molar-refractivity contribution in [3.8, 4) is 0 Å². The average molecular weight is 330 g/mol. The molecule has 1 saturated carbocycles. The second-order valence-electron chi connectivity index (χ2n) is 5.34. The molecule has 1 amide bonds. The van der Waals surface area contributed by atoms with Crippen molar-refractivity contribution in [2.75, 3.05) is 5.32 Å². The van der Waals surface area contributed by atoms with Crippen molar-refractivity contribution in [2.45, 2.75) is 25.2 Å². The van der Waals surface area contributed by atoms with Crippen LogP contribution in [0.15, 0.2) is 53.0 Å².